The van der Waals surface area contributed by atoms with Gasteiger partial charge in [-0.2, -0.15) is 0 Å². The molecule has 0 amide bonds. The van der Waals surface area contributed by atoms with Crippen molar-refractivity contribution in [2.45, 2.75) is 19.4 Å². The second-order valence-corrected chi connectivity index (χ2v) is 5.51. The first kappa shape index (κ1) is 13.1. The standard InChI is InChI=1S/C14H16ClNO2/c1-14(2,16(3)4)13(17)12-8-9-7-10(15)5-6-11(9)18-12/h5-8H,1-4H3. The monoisotopic (exact) mass is 265 g/mol. The Kier molecular flexibility index (Phi) is 3.21. The zero-order chi connectivity index (χ0) is 13.5. The fourth-order valence-electron chi connectivity index (χ4n) is 1.63. The van der Waals surface area contributed by atoms with Crippen molar-refractivity contribution in [1.82, 2.24) is 4.90 Å². The van der Waals surface area contributed by atoms with E-state index >= 15 is 0 Å². The van der Waals surface area contributed by atoms with Crippen LogP contribution in [0.4, 0.5) is 0 Å². The van der Waals surface area contributed by atoms with Crippen molar-refractivity contribution in [3.05, 3.63) is 35.0 Å². The van der Waals surface area contributed by atoms with Gasteiger partial charge < -0.3 is 4.42 Å². The van der Waals surface area contributed by atoms with Gasteiger partial charge in [0.1, 0.15) is 5.58 Å². The summed E-state index contributed by atoms with van der Waals surface area (Å²) in [5.41, 5.74) is 0.0785. The van der Waals surface area contributed by atoms with E-state index in [0.29, 0.717) is 16.4 Å². The first-order valence-electron chi connectivity index (χ1n) is 5.73. The molecule has 0 aliphatic carbocycles. The average molecular weight is 266 g/mol. The zero-order valence-corrected chi connectivity index (χ0v) is 11.7. The summed E-state index contributed by atoms with van der Waals surface area (Å²) >= 11 is 5.91. The van der Waals surface area contributed by atoms with Crippen molar-refractivity contribution >= 4 is 28.4 Å². The predicted octanol–water partition coefficient (Wildman–Crippen LogP) is 3.61. The fourth-order valence-corrected chi connectivity index (χ4v) is 1.81. The minimum atomic E-state index is -0.600. The molecule has 0 saturated heterocycles. The molecular weight excluding hydrogens is 250 g/mol. The highest BCUT2D eigenvalue weighted by molar-refractivity contribution is 6.31. The lowest BCUT2D eigenvalue weighted by Gasteiger charge is -2.29. The molecule has 0 unspecified atom stereocenters. The number of carbonyl (C=O) groups is 1. The number of nitrogens with zero attached hydrogens (tertiary/aromatic N) is 1. The van der Waals surface area contributed by atoms with E-state index in [-0.39, 0.29) is 5.78 Å². The molecule has 1 aromatic carbocycles. The van der Waals surface area contributed by atoms with Gasteiger partial charge in [-0.15, -0.1) is 0 Å². The predicted molar refractivity (Wildman–Crippen MR) is 73.3 cm³/mol. The maximum Gasteiger partial charge on any atom is 0.217 e. The lowest BCUT2D eigenvalue weighted by atomic mass is 9.96. The summed E-state index contributed by atoms with van der Waals surface area (Å²) in [5, 5.41) is 1.48. The smallest absolute Gasteiger partial charge is 0.217 e. The third-order valence-electron chi connectivity index (χ3n) is 3.38. The van der Waals surface area contributed by atoms with E-state index in [1.54, 1.807) is 24.3 Å². The van der Waals surface area contributed by atoms with Gasteiger partial charge in [0.25, 0.3) is 0 Å². The lowest BCUT2D eigenvalue weighted by Crippen LogP contribution is -2.45. The first-order valence-corrected chi connectivity index (χ1v) is 6.11. The molecule has 0 radical (unpaired) electrons. The van der Waals surface area contributed by atoms with Gasteiger partial charge in [0.2, 0.25) is 5.78 Å². The van der Waals surface area contributed by atoms with Crippen LogP contribution in [0.3, 0.4) is 0 Å². The van der Waals surface area contributed by atoms with E-state index in [4.69, 9.17) is 16.0 Å². The van der Waals surface area contributed by atoms with Crippen LogP contribution < -0.4 is 0 Å². The van der Waals surface area contributed by atoms with Crippen LogP contribution >= 0.6 is 11.6 Å². The second-order valence-electron chi connectivity index (χ2n) is 5.08. The van der Waals surface area contributed by atoms with E-state index in [1.807, 2.05) is 32.8 Å². The summed E-state index contributed by atoms with van der Waals surface area (Å²) in [5.74, 6) is 0.325. The lowest BCUT2D eigenvalue weighted by molar-refractivity contribution is 0.0727. The molecule has 0 fully saturated rings. The van der Waals surface area contributed by atoms with E-state index in [9.17, 15) is 4.79 Å². The summed E-state index contributed by atoms with van der Waals surface area (Å²) in [4.78, 5) is 14.3. The molecule has 0 spiro atoms. The maximum absolute atomic E-state index is 12.4. The van der Waals surface area contributed by atoms with Crippen molar-refractivity contribution in [3.63, 3.8) is 0 Å². The van der Waals surface area contributed by atoms with Crippen LogP contribution in [0.15, 0.2) is 28.7 Å². The molecule has 0 N–H and O–H groups in total. The first-order chi connectivity index (χ1) is 8.32. The van der Waals surface area contributed by atoms with Gasteiger partial charge in [-0.05, 0) is 52.2 Å². The Balaban J connectivity index is 2.46. The Morgan fingerprint density at radius 2 is 1.94 bits per heavy atom. The van der Waals surface area contributed by atoms with Crippen molar-refractivity contribution < 1.29 is 9.21 Å². The Morgan fingerprint density at radius 1 is 1.28 bits per heavy atom. The van der Waals surface area contributed by atoms with Crippen LogP contribution in [0, 0.1) is 0 Å². The number of Topliss-reactive ketones (excluding diaryl/α,β-unsaturated/α-hetero) is 1. The molecule has 0 aliphatic rings. The average Bonchev–Trinajstić information content (AvgIpc) is 2.70. The Bertz CT molecular complexity index is 599. The zero-order valence-electron chi connectivity index (χ0n) is 11.0. The van der Waals surface area contributed by atoms with Crippen LogP contribution in [0.2, 0.25) is 5.02 Å². The molecule has 96 valence electrons. The number of benzene rings is 1. The minimum absolute atomic E-state index is 0.0418. The highest BCUT2D eigenvalue weighted by Gasteiger charge is 2.33. The Labute approximate surface area is 111 Å². The third-order valence-corrected chi connectivity index (χ3v) is 3.61. The van der Waals surface area contributed by atoms with E-state index in [2.05, 4.69) is 0 Å². The number of furan rings is 1. The van der Waals surface area contributed by atoms with Crippen molar-refractivity contribution in [2.24, 2.45) is 0 Å². The van der Waals surface area contributed by atoms with Crippen molar-refractivity contribution in [2.75, 3.05) is 14.1 Å². The Hall–Kier alpha value is -1.32. The molecule has 0 saturated carbocycles. The van der Waals surface area contributed by atoms with Gasteiger partial charge >= 0.3 is 0 Å². The number of fused-ring (bicyclic) bond motifs is 1. The number of rotatable bonds is 3. The number of ketones is 1. The largest absolute Gasteiger partial charge is 0.453 e. The van der Waals surface area contributed by atoms with Crippen LogP contribution in [-0.2, 0) is 0 Å². The number of hydrogen-bond acceptors (Lipinski definition) is 3. The summed E-state index contributed by atoms with van der Waals surface area (Å²) in [7, 11) is 3.74. The van der Waals surface area contributed by atoms with E-state index in [0.717, 1.165) is 5.39 Å². The van der Waals surface area contributed by atoms with Crippen molar-refractivity contribution in [1.29, 1.82) is 0 Å². The number of likely N-dealkylation sites (N-methyl/N-ethyl adjacent to an activating group) is 1. The molecule has 1 heterocycles. The molecule has 4 heteroatoms. The summed E-state index contributed by atoms with van der Waals surface area (Å²) in [6, 6.07) is 7.06. The topological polar surface area (TPSA) is 33.5 Å². The molecule has 1 aromatic heterocycles. The van der Waals surface area contributed by atoms with Crippen LogP contribution in [-0.4, -0.2) is 30.3 Å². The SMILES string of the molecule is CN(C)C(C)(C)C(=O)c1cc2cc(Cl)ccc2o1. The molecule has 0 aliphatic heterocycles. The summed E-state index contributed by atoms with van der Waals surface area (Å²) in [6.45, 7) is 3.74. The number of carbonyl (C=O) groups excluding carboxylic acids is 1. The van der Waals surface area contributed by atoms with Crippen LogP contribution in [0.25, 0.3) is 11.0 Å². The van der Waals surface area contributed by atoms with Crippen LogP contribution in [0.1, 0.15) is 24.4 Å². The second kappa shape index (κ2) is 4.41. The number of halogens is 1. The van der Waals surface area contributed by atoms with Gasteiger partial charge in [0.05, 0.1) is 5.54 Å². The summed E-state index contributed by atoms with van der Waals surface area (Å²) < 4.78 is 5.59. The molecular formula is C14H16ClNO2. The molecule has 0 atom stereocenters. The van der Waals surface area contributed by atoms with E-state index < -0.39 is 5.54 Å². The van der Waals surface area contributed by atoms with Gasteiger partial charge in [-0.25, -0.2) is 0 Å². The maximum atomic E-state index is 12.4. The highest BCUT2D eigenvalue weighted by Crippen LogP contribution is 2.26. The van der Waals surface area contributed by atoms with Gasteiger partial charge in [-0.1, -0.05) is 11.6 Å². The van der Waals surface area contributed by atoms with Crippen LogP contribution in [0.5, 0.6) is 0 Å². The Morgan fingerprint density at radius 3 is 2.56 bits per heavy atom. The minimum Gasteiger partial charge on any atom is -0.453 e. The van der Waals surface area contributed by atoms with Crippen molar-refractivity contribution in [3.8, 4) is 0 Å². The van der Waals surface area contributed by atoms with Gasteiger partial charge in [0.15, 0.2) is 5.76 Å². The fraction of sp³-hybridized carbons (Fsp3) is 0.357. The molecule has 3 nitrogen and oxygen atoms in total. The molecule has 18 heavy (non-hydrogen) atoms. The normalized spacial score (nSPS) is 12.3. The quantitative estimate of drug-likeness (QED) is 0.795. The third kappa shape index (κ3) is 2.16. The number of hydrogen-bond donors (Lipinski definition) is 0. The van der Waals surface area contributed by atoms with E-state index in [1.165, 1.54) is 0 Å². The summed E-state index contributed by atoms with van der Waals surface area (Å²) in [6.07, 6.45) is 0. The molecule has 2 aromatic rings. The molecule has 0 bridgehead atoms. The molecule has 2 rings (SSSR count). The highest BCUT2D eigenvalue weighted by atomic mass is 35.5. The van der Waals surface area contributed by atoms with Gasteiger partial charge in [0, 0.05) is 10.4 Å². The van der Waals surface area contributed by atoms with Gasteiger partial charge in [-0.3, -0.25) is 9.69 Å².